The summed E-state index contributed by atoms with van der Waals surface area (Å²) < 4.78 is 0. The van der Waals surface area contributed by atoms with Crippen LogP contribution in [0.15, 0.2) is 11.6 Å². The number of allylic oxidation sites excluding steroid dienone is 2. The van der Waals surface area contributed by atoms with Crippen LogP contribution < -0.4 is 0 Å². The fraction of sp³-hybridized carbons (Fsp3) is 0.875. The maximum atomic E-state index is 2.61. The van der Waals surface area contributed by atoms with Crippen LogP contribution in [0.1, 0.15) is 64.7 Å². The third-order valence-corrected chi connectivity index (χ3v) is 5.24. The van der Waals surface area contributed by atoms with Gasteiger partial charge < -0.3 is 0 Å². The largest absolute Gasteiger partial charge is 0.0848 e. The van der Waals surface area contributed by atoms with Gasteiger partial charge in [-0.05, 0) is 68.6 Å². The second-order valence-electron chi connectivity index (χ2n) is 6.62. The Morgan fingerprint density at radius 3 is 2.56 bits per heavy atom. The van der Waals surface area contributed by atoms with Gasteiger partial charge in [-0.3, -0.25) is 0 Å². The Balaban J connectivity index is 1.61. The first kappa shape index (κ1) is 10.9. The van der Waals surface area contributed by atoms with Crippen LogP contribution in [0, 0.1) is 23.7 Å². The molecule has 0 heterocycles. The lowest BCUT2D eigenvalue weighted by molar-refractivity contribution is 0.259. The maximum Gasteiger partial charge on any atom is -0.0201 e. The summed E-state index contributed by atoms with van der Waals surface area (Å²) in [6.07, 6.45) is 16.0. The highest BCUT2D eigenvalue weighted by Gasteiger charge is 2.35. The van der Waals surface area contributed by atoms with Gasteiger partial charge in [-0.1, -0.05) is 31.4 Å². The van der Waals surface area contributed by atoms with Crippen molar-refractivity contribution in [2.24, 2.45) is 23.7 Å². The second kappa shape index (κ2) is 4.55. The molecule has 0 aromatic heterocycles. The van der Waals surface area contributed by atoms with E-state index in [2.05, 4.69) is 13.0 Å². The molecule has 2 saturated carbocycles. The lowest BCUT2D eigenvalue weighted by Crippen LogP contribution is -2.20. The summed E-state index contributed by atoms with van der Waals surface area (Å²) in [6.45, 7) is 2.40. The van der Waals surface area contributed by atoms with Crippen molar-refractivity contribution in [2.75, 3.05) is 0 Å². The summed E-state index contributed by atoms with van der Waals surface area (Å²) in [5, 5.41) is 0. The first-order chi connectivity index (χ1) is 7.83. The van der Waals surface area contributed by atoms with Crippen molar-refractivity contribution >= 4 is 0 Å². The molecule has 0 aromatic rings. The maximum absolute atomic E-state index is 2.61. The average Bonchev–Trinajstić information content (AvgIpc) is 3.14. The lowest BCUT2D eigenvalue weighted by atomic mass is 9.73. The standard InChI is InChI=1S/C16H26/c1-12-5-7-13(8-6-12)15-3-2-4-16(11-15)14-9-10-14/h7,12,14-16H,2-6,8-11H2,1H3. The third-order valence-electron chi connectivity index (χ3n) is 5.24. The van der Waals surface area contributed by atoms with E-state index in [1.54, 1.807) is 25.7 Å². The Morgan fingerprint density at radius 2 is 1.88 bits per heavy atom. The molecule has 16 heavy (non-hydrogen) atoms. The summed E-state index contributed by atoms with van der Waals surface area (Å²) >= 11 is 0. The molecule has 0 nitrogen and oxygen atoms in total. The van der Waals surface area contributed by atoms with Gasteiger partial charge in [0.2, 0.25) is 0 Å². The Bertz CT molecular complexity index is 272. The molecule has 3 rings (SSSR count). The Morgan fingerprint density at radius 1 is 1.00 bits per heavy atom. The highest BCUT2D eigenvalue weighted by Crippen LogP contribution is 2.47. The minimum Gasteiger partial charge on any atom is -0.0848 e. The zero-order chi connectivity index (χ0) is 11.0. The molecule has 3 unspecified atom stereocenters. The Labute approximate surface area is 101 Å². The van der Waals surface area contributed by atoms with Gasteiger partial charge in [0, 0.05) is 0 Å². The molecule has 0 amide bonds. The van der Waals surface area contributed by atoms with E-state index >= 15 is 0 Å². The monoisotopic (exact) mass is 218 g/mol. The molecule has 0 aliphatic heterocycles. The van der Waals surface area contributed by atoms with E-state index < -0.39 is 0 Å². The van der Waals surface area contributed by atoms with E-state index in [1.807, 2.05) is 5.57 Å². The van der Waals surface area contributed by atoms with E-state index in [4.69, 9.17) is 0 Å². The second-order valence-corrected chi connectivity index (χ2v) is 6.62. The molecule has 3 atom stereocenters. The van der Waals surface area contributed by atoms with Crippen molar-refractivity contribution in [1.82, 2.24) is 0 Å². The normalized spacial score (nSPS) is 40.6. The van der Waals surface area contributed by atoms with Crippen LogP contribution in [-0.4, -0.2) is 0 Å². The highest BCUT2D eigenvalue weighted by molar-refractivity contribution is 5.11. The van der Waals surface area contributed by atoms with Gasteiger partial charge >= 0.3 is 0 Å². The predicted molar refractivity (Wildman–Crippen MR) is 69.3 cm³/mol. The first-order valence-electron chi connectivity index (χ1n) is 7.52. The Hall–Kier alpha value is -0.260. The number of hydrogen-bond donors (Lipinski definition) is 0. The van der Waals surface area contributed by atoms with Gasteiger partial charge in [0.25, 0.3) is 0 Å². The van der Waals surface area contributed by atoms with Crippen molar-refractivity contribution in [2.45, 2.75) is 64.7 Å². The SMILES string of the molecule is CC1CC=C(C2CCCC(C3CC3)C2)CC1. The minimum atomic E-state index is 0.951. The quantitative estimate of drug-likeness (QED) is 0.575. The number of rotatable bonds is 2. The van der Waals surface area contributed by atoms with Crippen molar-refractivity contribution < 1.29 is 0 Å². The summed E-state index contributed by atoms with van der Waals surface area (Å²) in [4.78, 5) is 0. The zero-order valence-electron chi connectivity index (χ0n) is 10.8. The lowest BCUT2D eigenvalue weighted by Gasteiger charge is -2.33. The van der Waals surface area contributed by atoms with Crippen LogP contribution in [0.5, 0.6) is 0 Å². The van der Waals surface area contributed by atoms with Crippen LogP contribution in [-0.2, 0) is 0 Å². The van der Waals surface area contributed by atoms with Gasteiger partial charge in [0.15, 0.2) is 0 Å². The van der Waals surface area contributed by atoms with Gasteiger partial charge in [0.05, 0.1) is 0 Å². The van der Waals surface area contributed by atoms with E-state index in [9.17, 15) is 0 Å². The summed E-state index contributed by atoms with van der Waals surface area (Å²) in [6, 6.07) is 0. The average molecular weight is 218 g/mol. The summed E-state index contributed by atoms with van der Waals surface area (Å²) in [5.41, 5.74) is 1.85. The van der Waals surface area contributed by atoms with Crippen LogP contribution in [0.4, 0.5) is 0 Å². The fourth-order valence-electron chi connectivity index (χ4n) is 3.92. The minimum absolute atomic E-state index is 0.951. The van der Waals surface area contributed by atoms with E-state index in [0.717, 1.165) is 23.7 Å². The van der Waals surface area contributed by atoms with Crippen molar-refractivity contribution in [3.8, 4) is 0 Å². The van der Waals surface area contributed by atoms with Gasteiger partial charge in [-0.15, -0.1) is 0 Å². The molecular weight excluding hydrogens is 192 g/mol. The van der Waals surface area contributed by atoms with Crippen molar-refractivity contribution in [3.05, 3.63) is 11.6 Å². The third kappa shape index (κ3) is 2.36. The molecule has 0 heteroatoms. The Kier molecular flexibility index (Phi) is 3.09. The molecule has 0 radical (unpaired) electrons. The zero-order valence-corrected chi connectivity index (χ0v) is 10.8. The van der Waals surface area contributed by atoms with Crippen LogP contribution in [0.2, 0.25) is 0 Å². The molecule has 2 fully saturated rings. The van der Waals surface area contributed by atoms with Crippen molar-refractivity contribution in [1.29, 1.82) is 0 Å². The molecule has 90 valence electrons. The highest BCUT2D eigenvalue weighted by atomic mass is 14.4. The molecule has 0 saturated heterocycles. The first-order valence-corrected chi connectivity index (χ1v) is 7.52. The molecule has 3 aliphatic carbocycles. The number of hydrogen-bond acceptors (Lipinski definition) is 0. The molecule has 0 spiro atoms. The van der Waals surface area contributed by atoms with E-state index in [1.165, 1.54) is 32.1 Å². The van der Waals surface area contributed by atoms with E-state index in [0.29, 0.717) is 0 Å². The molecule has 0 aromatic carbocycles. The predicted octanol–water partition coefficient (Wildman–Crippen LogP) is 4.95. The summed E-state index contributed by atoms with van der Waals surface area (Å²) in [5.74, 6) is 4.20. The summed E-state index contributed by atoms with van der Waals surface area (Å²) in [7, 11) is 0. The fourth-order valence-corrected chi connectivity index (χ4v) is 3.92. The van der Waals surface area contributed by atoms with Gasteiger partial charge in [-0.2, -0.15) is 0 Å². The molecular formula is C16H26. The van der Waals surface area contributed by atoms with Crippen LogP contribution in [0.25, 0.3) is 0 Å². The van der Waals surface area contributed by atoms with Crippen LogP contribution in [0.3, 0.4) is 0 Å². The van der Waals surface area contributed by atoms with Crippen molar-refractivity contribution in [3.63, 3.8) is 0 Å². The smallest absolute Gasteiger partial charge is 0.0201 e. The van der Waals surface area contributed by atoms with Crippen LogP contribution >= 0.6 is 0 Å². The van der Waals surface area contributed by atoms with Gasteiger partial charge in [-0.25, -0.2) is 0 Å². The molecule has 0 bridgehead atoms. The van der Waals surface area contributed by atoms with E-state index in [-0.39, 0.29) is 0 Å². The topological polar surface area (TPSA) is 0 Å². The molecule has 0 N–H and O–H groups in total. The van der Waals surface area contributed by atoms with Gasteiger partial charge in [0.1, 0.15) is 0 Å². The molecule has 3 aliphatic rings.